The predicted molar refractivity (Wildman–Crippen MR) is 78.8 cm³/mol. The molecule has 0 spiro atoms. The van der Waals surface area contributed by atoms with Crippen LogP contribution >= 0.6 is 0 Å². The number of methoxy groups -OCH3 is 1. The Morgan fingerprint density at radius 2 is 1.90 bits per heavy atom. The molecule has 0 unspecified atom stereocenters. The number of carbonyl (C=O) groups excluding carboxylic acids is 1. The number of hydrogen-bond donors (Lipinski definition) is 0. The molecule has 5 heteroatoms. The molecule has 1 aliphatic rings. The normalized spacial score (nSPS) is 12.1. The Morgan fingerprint density at radius 1 is 1.14 bits per heavy atom. The Hall–Kier alpha value is -2.69. The largest absolute Gasteiger partial charge is 0.454 e. The number of anilines is 1. The molecule has 0 aromatic heterocycles. The molecule has 0 bridgehead atoms. The summed E-state index contributed by atoms with van der Waals surface area (Å²) in [7, 11) is 3.04. The van der Waals surface area contributed by atoms with Gasteiger partial charge in [0, 0.05) is 12.6 Å². The van der Waals surface area contributed by atoms with E-state index in [0.717, 1.165) is 22.6 Å². The lowest BCUT2D eigenvalue weighted by atomic mass is 10.0. The number of amides is 1. The molecule has 3 rings (SSSR count). The summed E-state index contributed by atoms with van der Waals surface area (Å²) >= 11 is 0. The van der Waals surface area contributed by atoms with Gasteiger partial charge in [-0.05, 0) is 23.8 Å². The SMILES string of the molecule is COC(=O)N(C)c1ccccc1-c1ccc2c(c1)OCO2. The first kappa shape index (κ1) is 13.3. The van der Waals surface area contributed by atoms with E-state index >= 15 is 0 Å². The number of hydrogen-bond acceptors (Lipinski definition) is 4. The lowest BCUT2D eigenvalue weighted by molar-refractivity contribution is 0.174. The Labute approximate surface area is 122 Å². The topological polar surface area (TPSA) is 48.0 Å². The maximum atomic E-state index is 11.7. The van der Waals surface area contributed by atoms with Crippen molar-refractivity contribution in [2.24, 2.45) is 0 Å². The third-order valence-electron chi connectivity index (χ3n) is 3.40. The Kier molecular flexibility index (Phi) is 3.39. The van der Waals surface area contributed by atoms with Crippen LogP contribution in [0.2, 0.25) is 0 Å². The van der Waals surface area contributed by atoms with E-state index in [2.05, 4.69) is 0 Å². The molecule has 0 fully saturated rings. The van der Waals surface area contributed by atoms with Crippen LogP contribution in [0.4, 0.5) is 10.5 Å². The van der Waals surface area contributed by atoms with Gasteiger partial charge in [-0.15, -0.1) is 0 Å². The summed E-state index contributed by atoms with van der Waals surface area (Å²) in [6.45, 7) is 0.239. The van der Waals surface area contributed by atoms with Crippen LogP contribution in [0.1, 0.15) is 0 Å². The van der Waals surface area contributed by atoms with Crippen molar-refractivity contribution < 1.29 is 19.0 Å². The lowest BCUT2D eigenvalue weighted by Crippen LogP contribution is -2.26. The number of nitrogens with zero attached hydrogens (tertiary/aromatic N) is 1. The number of para-hydroxylation sites is 1. The summed E-state index contributed by atoms with van der Waals surface area (Å²) in [6.07, 6.45) is -0.414. The zero-order valence-corrected chi connectivity index (χ0v) is 11.8. The van der Waals surface area contributed by atoms with Crippen LogP contribution in [-0.2, 0) is 4.74 Å². The standard InChI is InChI=1S/C16H15NO4/c1-17(16(18)19-2)13-6-4-3-5-12(13)11-7-8-14-15(9-11)21-10-20-14/h3-9H,10H2,1-2H3. The van der Waals surface area contributed by atoms with Gasteiger partial charge < -0.3 is 14.2 Å². The van der Waals surface area contributed by atoms with Gasteiger partial charge in [0.1, 0.15) is 0 Å². The predicted octanol–water partition coefficient (Wildman–Crippen LogP) is 3.28. The van der Waals surface area contributed by atoms with Gasteiger partial charge in [0.05, 0.1) is 12.8 Å². The average Bonchev–Trinajstić information content (AvgIpc) is 3.01. The number of fused-ring (bicyclic) bond motifs is 1. The summed E-state index contributed by atoms with van der Waals surface area (Å²) in [4.78, 5) is 13.2. The van der Waals surface area contributed by atoms with Crippen molar-refractivity contribution in [1.82, 2.24) is 0 Å². The van der Waals surface area contributed by atoms with E-state index in [1.54, 1.807) is 7.05 Å². The maximum absolute atomic E-state index is 11.7. The van der Waals surface area contributed by atoms with Crippen molar-refractivity contribution in [3.63, 3.8) is 0 Å². The quantitative estimate of drug-likeness (QED) is 0.849. The minimum Gasteiger partial charge on any atom is -0.454 e. The fraction of sp³-hybridized carbons (Fsp3) is 0.188. The van der Waals surface area contributed by atoms with E-state index in [-0.39, 0.29) is 6.79 Å². The van der Waals surface area contributed by atoms with Gasteiger partial charge in [0.15, 0.2) is 11.5 Å². The summed E-state index contributed by atoms with van der Waals surface area (Å²) in [6, 6.07) is 13.3. The van der Waals surface area contributed by atoms with E-state index in [1.165, 1.54) is 12.0 Å². The second-order valence-corrected chi connectivity index (χ2v) is 4.61. The summed E-state index contributed by atoms with van der Waals surface area (Å²) in [5, 5.41) is 0. The maximum Gasteiger partial charge on any atom is 0.413 e. The van der Waals surface area contributed by atoms with E-state index < -0.39 is 6.09 Å². The van der Waals surface area contributed by atoms with Crippen LogP contribution in [0.15, 0.2) is 42.5 Å². The van der Waals surface area contributed by atoms with Crippen LogP contribution in [0, 0.1) is 0 Å². The van der Waals surface area contributed by atoms with Crippen molar-refractivity contribution in [3.05, 3.63) is 42.5 Å². The fourth-order valence-corrected chi connectivity index (χ4v) is 2.31. The van der Waals surface area contributed by atoms with Gasteiger partial charge in [0.2, 0.25) is 6.79 Å². The second kappa shape index (κ2) is 5.36. The van der Waals surface area contributed by atoms with Gasteiger partial charge >= 0.3 is 6.09 Å². The first-order chi connectivity index (χ1) is 10.2. The summed E-state index contributed by atoms with van der Waals surface area (Å²) < 4.78 is 15.5. The zero-order valence-electron chi connectivity index (χ0n) is 11.8. The molecule has 2 aromatic rings. The molecular weight excluding hydrogens is 270 g/mol. The Morgan fingerprint density at radius 3 is 2.71 bits per heavy atom. The van der Waals surface area contributed by atoms with Gasteiger partial charge in [-0.25, -0.2) is 4.79 Å². The third-order valence-corrected chi connectivity index (χ3v) is 3.40. The minimum absolute atomic E-state index is 0.239. The van der Waals surface area contributed by atoms with Crippen LogP contribution in [-0.4, -0.2) is 27.0 Å². The minimum atomic E-state index is -0.414. The molecule has 0 N–H and O–H groups in total. The van der Waals surface area contributed by atoms with Crippen LogP contribution in [0.5, 0.6) is 11.5 Å². The van der Waals surface area contributed by atoms with E-state index in [0.29, 0.717) is 5.75 Å². The molecular formula is C16H15NO4. The number of ether oxygens (including phenoxy) is 3. The first-order valence-electron chi connectivity index (χ1n) is 6.51. The van der Waals surface area contributed by atoms with Gasteiger partial charge in [-0.3, -0.25) is 4.90 Å². The van der Waals surface area contributed by atoms with Crippen molar-refractivity contribution in [1.29, 1.82) is 0 Å². The third kappa shape index (κ3) is 2.38. The van der Waals surface area contributed by atoms with E-state index in [4.69, 9.17) is 14.2 Å². The average molecular weight is 285 g/mol. The zero-order chi connectivity index (χ0) is 14.8. The molecule has 1 aliphatic heterocycles. The highest BCUT2D eigenvalue weighted by molar-refractivity contribution is 5.93. The molecule has 0 saturated heterocycles. The van der Waals surface area contributed by atoms with Crippen molar-refractivity contribution in [3.8, 4) is 22.6 Å². The van der Waals surface area contributed by atoms with Crippen molar-refractivity contribution in [2.75, 3.05) is 25.9 Å². The molecule has 5 nitrogen and oxygen atoms in total. The Balaban J connectivity index is 2.05. The lowest BCUT2D eigenvalue weighted by Gasteiger charge is -2.19. The van der Waals surface area contributed by atoms with Crippen LogP contribution < -0.4 is 14.4 Å². The highest BCUT2D eigenvalue weighted by Gasteiger charge is 2.18. The van der Waals surface area contributed by atoms with Crippen LogP contribution in [0.25, 0.3) is 11.1 Å². The number of benzene rings is 2. The van der Waals surface area contributed by atoms with Crippen molar-refractivity contribution in [2.45, 2.75) is 0 Å². The van der Waals surface area contributed by atoms with Crippen molar-refractivity contribution >= 4 is 11.8 Å². The molecule has 2 aromatic carbocycles. The molecule has 0 saturated carbocycles. The highest BCUT2D eigenvalue weighted by atomic mass is 16.7. The fourth-order valence-electron chi connectivity index (χ4n) is 2.31. The molecule has 0 atom stereocenters. The molecule has 0 radical (unpaired) electrons. The van der Waals surface area contributed by atoms with Crippen LogP contribution in [0.3, 0.4) is 0 Å². The second-order valence-electron chi connectivity index (χ2n) is 4.61. The number of rotatable bonds is 2. The molecule has 0 aliphatic carbocycles. The van der Waals surface area contributed by atoms with Gasteiger partial charge in [-0.1, -0.05) is 24.3 Å². The van der Waals surface area contributed by atoms with E-state index in [9.17, 15) is 4.79 Å². The molecule has 1 amide bonds. The monoisotopic (exact) mass is 285 g/mol. The smallest absolute Gasteiger partial charge is 0.413 e. The highest BCUT2D eigenvalue weighted by Crippen LogP contribution is 2.38. The first-order valence-corrected chi connectivity index (χ1v) is 6.51. The summed E-state index contributed by atoms with van der Waals surface area (Å²) in [5.74, 6) is 1.44. The molecule has 21 heavy (non-hydrogen) atoms. The molecule has 1 heterocycles. The van der Waals surface area contributed by atoms with Gasteiger partial charge in [-0.2, -0.15) is 0 Å². The summed E-state index contributed by atoms with van der Waals surface area (Å²) in [5.41, 5.74) is 2.64. The number of carbonyl (C=O) groups is 1. The van der Waals surface area contributed by atoms with Gasteiger partial charge in [0.25, 0.3) is 0 Å². The van der Waals surface area contributed by atoms with E-state index in [1.807, 2.05) is 42.5 Å². The Bertz CT molecular complexity index is 684. The molecule has 108 valence electrons.